The van der Waals surface area contributed by atoms with Crippen LogP contribution in [0.4, 0.5) is 0 Å². The highest BCUT2D eigenvalue weighted by Gasteiger charge is 2.24. The lowest BCUT2D eigenvalue weighted by Gasteiger charge is -2.27. The quantitative estimate of drug-likeness (QED) is 0.720. The molecule has 1 atom stereocenters. The van der Waals surface area contributed by atoms with E-state index in [9.17, 15) is 4.79 Å². The fourth-order valence-corrected chi connectivity index (χ4v) is 2.29. The molecule has 0 heterocycles. The van der Waals surface area contributed by atoms with Gasteiger partial charge >= 0.3 is 0 Å². The Bertz CT molecular complexity index is 473. The zero-order chi connectivity index (χ0) is 15.9. The molecule has 118 valence electrons. The lowest BCUT2D eigenvalue weighted by molar-refractivity contribution is 0.0913. The van der Waals surface area contributed by atoms with Crippen molar-refractivity contribution in [1.29, 1.82) is 0 Å². The molecule has 5 heteroatoms. The van der Waals surface area contributed by atoms with Crippen molar-refractivity contribution in [2.75, 3.05) is 18.5 Å². The van der Waals surface area contributed by atoms with E-state index in [-0.39, 0.29) is 11.4 Å². The normalized spacial score (nSPS) is 13.4. The van der Waals surface area contributed by atoms with E-state index in [1.54, 1.807) is 18.2 Å². The van der Waals surface area contributed by atoms with Gasteiger partial charge in [-0.25, -0.2) is 0 Å². The van der Waals surface area contributed by atoms with Crippen molar-refractivity contribution in [2.45, 2.75) is 39.7 Å². The summed E-state index contributed by atoms with van der Waals surface area (Å²) in [6, 6.07) is 5.27. The predicted molar refractivity (Wildman–Crippen MR) is 88.7 cm³/mol. The van der Waals surface area contributed by atoms with Crippen LogP contribution in [0, 0.1) is 0 Å². The number of rotatable bonds is 8. The number of hydrogen-bond donors (Lipinski definition) is 1. The number of carbonyl (C=O) groups excluding carboxylic acids is 1. The summed E-state index contributed by atoms with van der Waals surface area (Å²) in [5, 5.41) is 3.75. The summed E-state index contributed by atoms with van der Waals surface area (Å²) in [6.45, 7) is 8.96. The minimum Gasteiger partial charge on any atom is -0.490 e. The number of ether oxygens (including phenoxy) is 2. The van der Waals surface area contributed by atoms with Gasteiger partial charge in [-0.2, -0.15) is 0 Å². The molecule has 0 radical (unpaired) electrons. The first-order valence-corrected chi connectivity index (χ1v) is 8.39. The first-order valence-electron chi connectivity index (χ1n) is 7.27. The van der Waals surface area contributed by atoms with Gasteiger partial charge in [0, 0.05) is 16.4 Å². The van der Waals surface area contributed by atoms with Crippen molar-refractivity contribution >= 4 is 21.8 Å². The Morgan fingerprint density at radius 2 is 1.81 bits per heavy atom. The van der Waals surface area contributed by atoms with Crippen molar-refractivity contribution in [3.8, 4) is 11.5 Å². The van der Waals surface area contributed by atoms with E-state index >= 15 is 0 Å². The largest absolute Gasteiger partial charge is 0.490 e. The molecule has 1 rings (SSSR count). The minimum atomic E-state index is -0.262. The smallest absolute Gasteiger partial charge is 0.251 e. The second kappa shape index (κ2) is 8.27. The van der Waals surface area contributed by atoms with Crippen LogP contribution >= 0.6 is 15.9 Å². The van der Waals surface area contributed by atoms with Crippen LogP contribution in [0.15, 0.2) is 18.2 Å². The molecule has 4 nitrogen and oxygen atoms in total. The molecule has 1 unspecified atom stereocenters. The monoisotopic (exact) mass is 357 g/mol. The number of nitrogens with one attached hydrogen (secondary N) is 1. The van der Waals surface area contributed by atoms with E-state index in [0.29, 0.717) is 35.6 Å². The molecule has 0 spiro atoms. The van der Waals surface area contributed by atoms with E-state index in [1.165, 1.54) is 0 Å². The molecule has 0 saturated carbocycles. The van der Waals surface area contributed by atoms with Crippen molar-refractivity contribution < 1.29 is 14.3 Å². The minimum absolute atomic E-state index is 0.109. The summed E-state index contributed by atoms with van der Waals surface area (Å²) in [5.41, 5.74) is 0.309. The van der Waals surface area contributed by atoms with Gasteiger partial charge in [0.2, 0.25) is 0 Å². The average Bonchev–Trinajstić information content (AvgIpc) is 2.49. The maximum absolute atomic E-state index is 12.4. The van der Waals surface area contributed by atoms with Gasteiger partial charge in [0.05, 0.1) is 13.2 Å². The first kappa shape index (κ1) is 17.8. The Balaban J connectivity index is 2.97. The van der Waals surface area contributed by atoms with Crippen LogP contribution in [-0.4, -0.2) is 30.0 Å². The first-order chi connectivity index (χ1) is 9.99. The van der Waals surface area contributed by atoms with E-state index in [2.05, 4.69) is 21.2 Å². The van der Waals surface area contributed by atoms with Crippen molar-refractivity contribution in [1.82, 2.24) is 5.32 Å². The summed E-state index contributed by atoms with van der Waals surface area (Å²) in [6.07, 6.45) is 0.847. The van der Waals surface area contributed by atoms with Gasteiger partial charge in [-0.1, -0.05) is 22.9 Å². The Hall–Kier alpha value is -1.23. The molecule has 0 aromatic heterocycles. The summed E-state index contributed by atoms with van der Waals surface area (Å²) in [5.74, 6) is 1.15. The Morgan fingerprint density at radius 3 is 2.33 bits per heavy atom. The molecular formula is C16H24BrNO3. The molecule has 1 aromatic carbocycles. The highest BCUT2D eigenvalue weighted by atomic mass is 79.9. The lowest BCUT2D eigenvalue weighted by atomic mass is 10.0. The maximum Gasteiger partial charge on any atom is 0.251 e. The highest BCUT2D eigenvalue weighted by Crippen LogP contribution is 2.28. The zero-order valence-electron chi connectivity index (χ0n) is 13.2. The number of carbonyl (C=O) groups is 1. The second-order valence-corrected chi connectivity index (χ2v) is 5.59. The number of halogens is 1. The molecule has 1 amide bonds. The van der Waals surface area contributed by atoms with Gasteiger partial charge in [-0.3, -0.25) is 4.79 Å². The zero-order valence-corrected chi connectivity index (χ0v) is 14.7. The molecule has 1 N–H and O–H groups in total. The van der Waals surface area contributed by atoms with Crippen LogP contribution in [0.25, 0.3) is 0 Å². The van der Waals surface area contributed by atoms with Crippen molar-refractivity contribution in [3.63, 3.8) is 0 Å². The Kier molecular flexibility index (Phi) is 7.02. The summed E-state index contributed by atoms with van der Waals surface area (Å²) in [4.78, 5) is 12.4. The third kappa shape index (κ3) is 4.92. The molecule has 0 aliphatic rings. The summed E-state index contributed by atoms with van der Waals surface area (Å²) in [7, 11) is 0. The van der Waals surface area contributed by atoms with Gasteiger partial charge < -0.3 is 14.8 Å². The fourth-order valence-electron chi connectivity index (χ4n) is 1.75. The van der Waals surface area contributed by atoms with E-state index in [0.717, 1.165) is 6.42 Å². The van der Waals surface area contributed by atoms with Crippen LogP contribution in [-0.2, 0) is 0 Å². The summed E-state index contributed by atoms with van der Waals surface area (Å²) < 4.78 is 11.1. The lowest BCUT2D eigenvalue weighted by Crippen LogP contribution is -2.46. The molecule has 0 saturated heterocycles. The van der Waals surface area contributed by atoms with E-state index in [1.807, 2.05) is 27.7 Å². The standard InChI is InChI=1S/C16H24BrNO3/c1-5-16(4,11-17)18-15(19)12-8-9-13(20-6-2)14(10-12)21-7-3/h8-10H,5-7,11H2,1-4H3,(H,18,19). The van der Waals surface area contributed by atoms with E-state index < -0.39 is 0 Å². The van der Waals surface area contributed by atoms with Gasteiger partial charge in [-0.05, 0) is 45.4 Å². The maximum atomic E-state index is 12.4. The topological polar surface area (TPSA) is 47.6 Å². The second-order valence-electron chi connectivity index (χ2n) is 5.03. The molecule has 0 aliphatic carbocycles. The van der Waals surface area contributed by atoms with Gasteiger partial charge in [0.25, 0.3) is 5.91 Å². The molecule has 0 fully saturated rings. The van der Waals surface area contributed by atoms with E-state index in [4.69, 9.17) is 9.47 Å². The molecule has 1 aromatic rings. The van der Waals surface area contributed by atoms with Crippen molar-refractivity contribution in [3.05, 3.63) is 23.8 Å². The SMILES string of the molecule is CCOc1ccc(C(=O)NC(C)(CC)CBr)cc1OCC. The Morgan fingerprint density at radius 1 is 1.19 bits per heavy atom. The highest BCUT2D eigenvalue weighted by molar-refractivity contribution is 9.09. The summed E-state index contributed by atoms with van der Waals surface area (Å²) >= 11 is 3.45. The third-order valence-corrected chi connectivity index (χ3v) is 4.53. The van der Waals surface area contributed by atoms with Crippen LogP contribution < -0.4 is 14.8 Å². The van der Waals surface area contributed by atoms with Gasteiger partial charge in [0.1, 0.15) is 0 Å². The van der Waals surface area contributed by atoms with Gasteiger partial charge in [0.15, 0.2) is 11.5 Å². The third-order valence-electron chi connectivity index (χ3n) is 3.30. The van der Waals surface area contributed by atoms with Crippen LogP contribution in [0.3, 0.4) is 0 Å². The average molecular weight is 358 g/mol. The number of hydrogen-bond acceptors (Lipinski definition) is 3. The van der Waals surface area contributed by atoms with Crippen LogP contribution in [0.5, 0.6) is 11.5 Å². The van der Waals surface area contributed by atoms with Gasteiger partial charge in [-0.15, -0.1) is 0 Å². The molecule has 21 heavy (non-hydrogen) atoms. The molecule has 0 aliphatic heterocycles. The predicted octanol–water partition coefficient (Wildman–Crippen LogP) is 3.78. The molecule has 0 bridgehead atoms. The molecular weight excluding hydrogens is 334 g/mol. The number of alkyl halides is 1. The van der Waals surface area contributed by atoms with Crippen molar-refractivity contribution in [2.24, 2.45) is 0 Å². The van der Waals surface area contributed by atoms with Crippen LogP contribution in [0.2, 0.25) is 0 Å². The number of amides is 1. The number of benzene rings is 1. The Labute approximate surface area is 135 Å². The van der Waals surface area contributed by atoms with Crippen LogP contribution in [0.1, 0.15) is 44.5 Å². The fraction of sp³-hybridized carbons (Fsp3) is 0.562.